The van der Waals surface area contributed by atoms with Crippen molar-refractivity contribution in [1.82, 2.24) is 9.97 Å². The molecule has 1 aromatic carbocycles. The van der Waals surface area contributed by atoms with Crippen LogP contribution in [0.15, 0.2) is 30.6 Å². The molecule has 0 bridgehead atoms. The van der Waals surface area contributed by atoms with Crippen molar-refractivity contribution in [2.24, 2.45) is 13.0 Å². The maximum absolute atomic E-state index is 4.61. The fraction of sp³-hybridized carbons (Fsp3) is 0.381. The van der Waals surface area contributed by atoms with E-state index in [1.807, 2.05) is 12.4 Å². The summed E-state index contributed by atoms with van der Waals surface area (Å²) in [6.45, 7) is 11.0. The van der Waals surface area contributed by atoms with Crippen LogP contribution in [0.25, 0.3) is 22.4 Å². The second-order valence-electron chi connectivity index (χ2n) is 7.24. The molecule has 0 fully saturated rings. The van der Waals surface area contributed by atoms with Gasteiger partial charge >= 0.3 is 0 Å². The van der Waals surface area contributed by atoms with Gasteiger partial charge in [-0.05, 0) is 55.9 Å². The van der Waals surface area contributed by atoms with Gasteiger partial charge in [0.25, 0.3) is 5.52 Å². The molecule has 0 amide bonds. The molecule has 0 N–H and O–H groups in total. The predicted octanol–water partition coefficient (Wildman–Crippen LogP) is 4.25. The van der Waals surface area contributed by atoms with Crippen LogP contribution in [0.1, 0.15) is 36.1 Å². The lowest BCUT2D eigenvalue weighted by molar-refractivity contribution is -0.634. The average molecular weight is 320 g/mol. The molecule has 3 aromatic rings. The number of pyridine rings is 1. The lowest BCUT2D eigenvalue weighted by atomic mass is 9.98. The smallest absolute Gasteiger partial charge is 0.231 e. The lowest BCUT2D eigenvalue weighted by Gasteiger charge is -2.10. The largest absolute Gasteiger partial charge is 0.250 e. The van der Waals surface area contributed by atoms with E-state index < -0.39 is 0 Å². The van der Waals surface area contributed by atoms with Crippen LogP contribution in [0, 0.1) is 26.7 Å². The summed E-state index contributed by atoms with van der Waals surface area (Å²) in [5.74, 6) is 0.618. The Bertz CT molecular complexity index is 911. The number of hydrogen-bond donors (Lipinski definition) is 0. The second-order valence-corrected chi connectivity index (χ2v) is 7.24. The van der Waals surface area contributed by atoms with Gasteiger partial charge in [-0.3, -0.25) is 0 Å². The molecule has 0 spiro atoms. The van der Waals surface area contributed by atoms with Crippen LogP contribution >= 0.6 is 0 Å². The van der Waals surface area contributed by atoms with Gasteiger partial charge in [-0.1, -0.05) is 25.5 Å². The van der Waals surface area contributed by atoms with Crippen molar-refractivity contribution in [2.45, 2.75) is 41.0 Å². The third kappa shape index (κ3) is 3.03. The van der Waals surface area contributed by atoms with Crippen LogP contribution in [-0.4, -0.2) is 9.97 Å². The van der Waals surface area contributed by atoms with Gasteiger partial charge in [-0.2, -0.15) is 4.57 Å². The first-order valence-electron chi connectivity index (χ1n) is 8.58. The molecule has 0 saturated heterocycles. The molecule has 0 atom stereocenters. The second kappa shape index (κ2) is 6.31. The summed E-state index contributed by atoms with van der Waals surface area (Å²) < 4.78 is 2.22. The molecule has 0 radical (unpaired) electrons. The molecule has 3 heteroatoms. The van der Waals surface area contributed by atoms with Crippen LogP contribution in [0.2, 0.25) is 0 Å². The molecule has 3 rings (SSSR count). The van der Waals surface area contributed by atoms with E-state index in [9.17, 15) is 0 Å². The molecule has 124 valence electrons. The Labute approximate surface area is 144 Å². The van der Waals surface area contributed by atoms with Crippen molar-refractivity contribution in [3.63, 3.8) is 0 Å². The average Bonchev–Trinajstić information content (AvgIpc) is 2.51. The maximum Gasteiger partial charge on any atom is 0.250 e. The summed E-state index contributed by atoms with van der Waals surface area (Å²) in [6, 6.07) is 6.71. The van der Waals surface area contributed by atoms with Crippen molar-refractivity contribution < 1.29 is 4.57 Å². The molecule has 0 saturated carbocycles. The molecular weight excluding hydrogens is 294 g/mol. The van der Waals surface area contributed by atoms with E-state index in [0.29, 0.717) is 5.92 Å². The maximum atomic E-state index is 4.61. The highest BCUT2D eigenvalue weighted by molar-refractivity contribution is 5.70. The Morgan fingerprint density at radius 1 is 1.00 bits per heavy atom. The Morgan fingerprint density at radius 2 is 1.71 bits per heavy atom. The molecular formula is C21H26N3+. The van der Waals surface area contributed by atoms with Gasteiger partial charge in [-0.15, -0.1) is 0 Å². The first-order valence-corrected chi connectivity index (χ1v) is 8.58. The van der Waals surface area contributed by atoms with Crippen molar-refractivity contribution >= 4 is 11.2 Å². The lowest BCUT2D eigenvalue weighted by Crippen LogP contribution is -2.33. The third-order valence-corrected chi connectivity index (χ3v) is 4.67. The number of fused-ring (bicyclic) bond motifs is 1. The van der Waals surface area contributed by atoms with E-state index in [2.05, 4.69) is 74.4 Å². The van der Waals surface area contributed by atoms with E-state index in [1.165, 1.54) is 27.8 Å². The van der Waals surface area contributed by atoms with Gasteiger partial charge in [0.2, 0.25) is 11.3 Å². The quantitative estimate of drug-likeness (QED) is 0.675. The molecule has 3 nitrogen and oxygen atoms in total. The Kier molecular flexibility index (Phi) is 4.35. The molecule has 0 aliphatic heterocycles. The zero-order valence-corrected chi connectivity index (χ0v) is 15.5. The highest BCUT2D eigenvalue weighted by atomic mass is 15.0. The Hall–Kier alpha value is -2.29. The van der Waals surface area contributed by atoms with E-state index in [0.717, 1.165) is 23.3 Å². The number of aryl methyl sites for hydroxylation is 3. The molecule has 2 heterocycles. The highest BCUT2D eigenvalue weighted by Crippen LogP contribution is 2.25. The van der Waals surface area contributed by atoms with E-state index in [-0.39, 0.29) is 0 Å². The predicted molar refractivity (Wildman–Crippen MR) is 98.9 cm³/mol. The van der Waals surface area contributed by atoms with Crippen molar-refractivity contribution in [1.29, 1.82) is 0 Å². The van der Waals surface area contributed by atoms with Crippen LogP contribution in [-0.2, 0) is 13.5 Å². The first kappa shape index (κ1) is 16.6. The van der Waals surface area contributed by atoms with Crippen molar-refractivity contribution in [3.05, 3.63) is 52.8 Å². The van der Waals surface area contributed by atoms with Crippen molar-refractivity contribution in [3.8, 4) is 11.3 Å². The zero-order chi connectivity index (χ0) is 17.4. The molecule has 24 heavy (non-hydrogen) atoms. The zero-order valence-electron chi connectivity index (χ0n) is 15.5. The van der Waals surface area contributed by atoms with Crippen LogP contribution in [0.4, 0.5) is 0 Å². The standard InChI is InChI=1S/C21H26N3/c1-13(2)7-17-10-19-21(22-11-17)23-12-20(24(19)6)18-9-14(3)8-15(4)16(18)5/h8-13H,7H2,1-6H3/q+1. The summed E-state index contributed by atoms with van der Waals surface area (Å²) in [4.78, 5) is 9.16. The SMILES string of the molecule is Cc1cc(C)c(C)c(-c2cnc3ncc(CC(C)C)cc3[n+]2C)c1. The number of benzene rings is 1. The minimum atomic E-state index is 0.618. The van der Waals surface area contributed by atoms with Gasteiger partial charge < -0.3 is 0 Å². The number of aromatic nitrogens is 3. The topological polar surface area (TPSA) is 29.7 Å². The van der Waals surface area contributed by atoms with E-state index in [1.54, 1.807) is 0 Å². The van der Waals surface area contributed by atoms with Crippen LogP contribution in [0.5, 0.6) is 0 Å². The summed E-state index contributed by atoms with van der Waals surface area (Å²) in [6.07, 6.45) is 4.94. The van der Waals surface area contributed by atoms with E-state index >= 15 is 0 Å². The normalized spacial score (nSPS) is 11.5. The summed E-state index contributed by atoms with van der Waals surface area (Å²) in [5.41, 5.74) is 9.44. The van der Waals surface area contributed by atoms with Gasteiger partial charge in [0, 0.05) is 12.3 Å². The minimum absolute atomic E-state index is 0.618. The summed E-state index contributed by atoms with van der Waals surface area (Å²) in [7, 11) is 2.11. The Morgan fingerprint density at radius 3 is 2.42 bits per heavy atom. The fourth-order valence-corrected chi connectivity index (χ4v) is 3.31. The van der Waals surface area contributed by atoms with Gasteiger partial charge in [0.15, 0.2) is 0 Å². The number of rotatable bonds is 3. The minimum Gasteiger partial charge on any atom is -0.231 e. The van der Waals surface area contributed by atoms with Crippen LogP contribution < -0.4 is 4.57 Å². The van der Waals surface area contributed by atoms with Gasteiger partial charge in [0.1, 0.15) is 13.2 Å². The third-order valence-electron chi connectivity index (χ3n) is 4.67. The van der Waals surface area contributed by atoms with E-state index in [4.69, 9.17) is 0 Å². The fourth-order valence-electron chi connectivity index (χ4n) is 3.31. The van der Waals surface area contributed by atoms with Gasteiger partial charge in [0.05, 0.1) is 5.56 Å². The molecule has 0 unspecified atom stereocenters. The van der Waals surface area contributed by atoms with Crippen molar-refractivity contribution in [2.75, 3.05) is 0 Å². The number of nitrogens with zero attached hydrogens (tertiary/aromatic N) is 3. The summed E-state index contributed by atoms with van der Waals surface area (Å²) in [5, 5.41) is 0. The molecule has 0 aliphatic carbocycles. The first-order chi connectivity index (χ1) is 11.4. The highest BCUT2D eigenvalue weighted by Gasteiger charge is 2.19. The van der Waals surface area contributed by atoms with Gasteiger partial charge in [-0.25, -0.2) is 9.97 Å². The Balaban J connectivity index is 2.21. The molecule has 2 aromatic heterocycles. The van der Waals surface area contributed by atoms with Crippen LogP contribution in [0.3, 0.4) is 0 Å². The monoisotopic (exact) mass is 320 g/mol. The molecule has 0 aliphatic rings. The summed E-state index contributed by atoms with van der Waals surface area (Å²) >= 11 is 0. The number of hydrogen-bond acceptors (Lipinski definition) is 2.